The first-order valence-electron chi connectivity index (χ1n) is 12.4. The minimum atomic E-state index is -1.11. The van der Waals surface area contributed by atoms with E-state index in [1.54, 1.807) is 55.2 Å². The van der Waals surface area contributed by atoms with Crippen LogP contribution in [0.2, 0.25) is 0 Å². The molecule has 0 spiro atoms. The summed E-state index contributed by atoms with van der Waals surface area (Å²) >= 11 is 0. The molecule has 0 saturated carbocycles. The number of hydrogen-bond donors (Lipinski definition) is 1. The van der Waals surface area contributed by atoms with Gasteiger partial charge < -0.3 is 20.1 Å². The van der Waals surface area contributed by atoms with Crippen LogP contribution in [0.15, 0.2) is 49.2 Å². The number of carbonyl (C=O) groups excluding carboxylic acids is 2. The van der Waals surface area contributed by atoms with Gasteiger partial charge >= 0.3 is 0 Å². The average Bonchev–Trinajstić information content (AvgIpc) is 3.47. The molecule has 1 aliphatic rings. The molecule has 6 rings (SSSR count). The van der Waals surface area contributed by atoms with E-state index in [1.165, 1.54) is 23.1 Å². The molecule has 0 unspecified atom stereocenters. The van der Waals surface area contributed by atoms with Crippen LogP contribution in [0.5, 0.6) is 0 Å². The van der Waals surface area contributed by atoms with Crippen molar-refractivity contribution >= 4 is 40.0 Å². The predicted molar refractivity (Wildman–Crippen MR) is 144 cm³/mol. The highest BCUT2D eigenvalue weighted by molar-refractivity contribution is 6.03. The Hall–Kier alpha value is -4.87. The third kappa shape index (κ3) is 3.62. The summed E-state index contributed by atoms with van der Waals surface area (Å²) < 4.78 is 19.6. The molecule has 5 aromatic rings. The predicted octanol–water partition coefficient (Wildman–Crippen LogP) is 3.04. The molecular weight excluding hydrogens is 501 g/mol. The van der Waals surface area contributed by atoms with Crippen LogP contribution in [0.4, 0.5) is 15.9 Å². The number of amides is 2. The van der Waals surface area contributed by atoms with Crippen LogP contribution in [0.1, 0.15) is 20.8 Å². The van der Waals surface area contributed by atoms with Crippen LogP contribution in [0, 0.1) is 5.82 Å². The van der Waals surface area contributed by atoms with Crippen molar-refractivity contribution in [1.82, 2.24) is 34.0 Å². The summed E-state index contributed by atoms with van der Waals surface area (Å²) in [6, 6.07) is 8.56. The quantitative estimate of drug-likeness (QED) is 0.382. The third-order valence-electron chi connectivity index (χ3n) is 7.36. The van der Waals surface area contributed by atoms with Gasteiger partial charge in [0.1, 0.15) is 22.9 Å². The lowest BCUT2D eigenvalue weighted by Gasteiger charge is -2.45. The Bertz CT molecular complexity index is 1810. The minimum absolute atomic E-state index is 0.129. The number of benzene rings is 1. The van der Waals surface area contributed by atoms with Gasteiger partial charge in [0.05, 0.1) is 17.7 Å². The van der Waals surface area contributed by atoms with E-state index in [1.807, 2.05) is 17.7 Å². The largest absolute Gasteiger partial charge is 0.382 e. The molecule has 1 saturated heterocycles. The van der Waals surface area contributed by atoms with E-state index in [4.69, 9.17) is 5.73 Å². The minimum Gasteiger partial charge on any atom is -0.382 e. The fourth-order valence-corrected chi connectivity index (χ4v) is 5.38. The van der Waals surface area contributed by atoms with Crippen molar-refractivity contribution in [3.63, 3.8) is 0 Å². The highest BCUT2D eigenvalue weighted by atomic mass is 19.1. The number of aromatic nitrogens is 6. The summed E-state index contributed by atoms with van der Waals surface area (Å²) in [5.74, 6) is -0.923. The topological polar surface area (TPSA) is 128 Å². The molecule has 39 heavy (non-hydrogen) atoms. The number of fused-ring (bicyclic) bond motifs is 2. The molecule has 1 aliphatic heterocycles. The van der Waals surface area contributed by atoms with E-state index >= 15 is 4.39 Å². The molecule has 0 atom stereocenters. The van der Waals surface area contributed by atoms with Gasteiger partial charge in [-0.05, 0) is 38.1 Å². The standard InChI is InChI=1S/C27H26FN9O2/c1-15(38)36-9-8-35(26(39)27(36,2)3)20-7-5-6-17(22(20)28)21-11-18(23-24(29)31-13-33-37(21)23)16-10-19-25(30-12-16)34(4)14-32-19/h5-7,10-14H,8-9H2,1-4H3,(H2,29,31,33). The van der Waals surface area contributed by atoms with Gasteiger partial charge in [0.15, 0.2) is 17.3 Å². The summed E-state index contributed by atoms with van der Waals surface area (Å²) in [5, 5.41) is 4.38. The maximum atomic E-state index is 16.3. The number of imidazole rings is 1. The second-order valence-electron chi connectivity index (χ2n) is 10.1. The van der Waals surface area contributed by atoms with Crippen molar-refractivity contribution in [2.45, 2.75) is 26.3 Å². The number of halogens is 1. The molecule has 2 N–H and O–H groups in total. The van der Waals surface area contributed by atoms with Crippen molar-refractivity contribution in [2.24, 2.45) is 7.05 Å². The van der Waals surface area contributed by atoms with Gasteiger partial charge in [-0.15, -0.1) is 0 Å². The number of aryl methyl sites for hydroxylation is 1. The molecule has 0 bridgehead atoms. The Morgan fingerprint density at radius 3 is 2.67 bits per heavy atom. The molecule has 12 heteroatoms. The second-order valence-corrected chi connectivity index (χ2v) is 10.1. The van der Waals surface area contributed by atoms with Crippen LogP contribution in [-0.2, 0) is 16.6 Å². The van der Waals surface area contributed by atoms with E-state index in [0.29, 0.717) is 28.8 Å². The molecule has 1 aromatic carbocycles. The lowest BCUT2D eigenvalue weighted by atomic mass is 9.96. The lowest BCUT2D eigenvalue weighted by molar-refractivity contribution is -0.145. The van der Waals surface area contributed by atoms with Gasteiger partial charge in [-0.1, -0.05) is 6.07 Å². The molecule has 5 heterocycles. The number of nitrogen functional groups attached to an aromatic ring is 1. The number of carbonyl (C=O) groups is 2. The third-order valence-corrected chi connectivity index (χ3v) is 7.36. The number of rotatable bonds is 3. The zero-order valence-corrected chi connectivity index (χ0v) is 21.9. The number of nitrogens with two attached hydrogens (primary N) is 1. The Morgan fingerprint density at radius 1 is 1.10 bits per heavy atom. The molecule has 1 fully saturated rings. The zero-order valence-electron chi connectivity index (χ0n) is 21.9. The first kappa shape index (κ1) is 24.5. The first-order valence-corrected chi connectivity index (χ1v) is 12.4. The zero-order chi connectivity index (χ0) is 27.6. The molecular formula is C27H26FN9O2. The fourth-order valence-electron chi connectivity index (χ4n) is 5.38. The maximum Gasteiger partial charge on any atom is 0.252 e. The average molecular weight is 528 g/mol. The fraction of sp³-hybridized carbons (Fsp3) is 0.259. The number of nitrogens with zero attached hydrogens (tertiary/aromatic N) is 8. The molecule has 4 aromatic heterocycles. The van der Waals surface area contributed by atoms with Gasteiger partial charge in [-0.25, -0.2) is 23.9 Å². The number of hydrogen-bond acceptors (Lipinski definition) is 7. The van der Waals surface area contributed by atoms with Crippen LogP contribution >= 0.6 is 0 Å². The van der Waals surface area contributed by atoms with Gasteiger partial charge in [-0.3, -0.25) is 9.59 Å². The molecule has 0 radical (unpaired) electrons. The number of pyridine rings is 1. The van der Waals surface area contributed by atoms with Crippen molar-refractivity contribution in [2.75, 3.05) is 23.7 Å². The van der Waals surface area contributed by atoms with Crippen molar-refractivity contribution in [1.29, 1.82) is 0 Å². The van der Waals surface area contributed by atoms with Gasteiger partial charge in [0.25, 0.3) is 5.91 Å². The van der Waals surface area contributed by atoms with Crippen molar-refractivity contribution < 1.29 is 14.0 Å². The van der Waals surface area contributed by atoms with Crippen molar-refractivity contribution in [3.8, 4) is 22.4 Å². The van der Waals surface area contributed by atoms with Crippen LogP contribution < -0.4 is 10.6 Å². The Kier molecular flexibility index (Phi) is 5.38. The van der Waals surface area contributed by atoms with Gasteiger partial charge in [0.2, 0.25) is 5.91 Å². The van der Waals surface area contributed by atoms with Gasteiger partial charge in [0, 0.05) is 49.9 Å². The van der Waals surface area contributed by atoms with E-state index in [9.17, 15) is 9.59 Å². The van der Waals surface area contributed by atoms with E-state index < -0.39 is 11.4 Å². The van der Waals surface area contributed by atoms with Gasteiger partial charge in [-0.2, -0.15) is 5.10 Å². The summed E-state index contributed by atoms with van der Waals surface area (Å²) in [6.45, 7) is 5.24. The number of piperazine rings is 1. The second kappa shape index (κ2) is 8.58. The first-order chi connectivity index (χ1) is 18.6. The SMILES string of the molecule is CC(=O)N1CCN(c2cccc(-c3cc(-c4cnc5c(c4)ncn5C)c4c(N)ncnn34)c2F)C(=O)C1(C)C. The Morgan fingerprint density at radius 2 is 1.90 bits per heavy atom. The lowest BCUT2D eigenvalue weighted by Crippen LogP contribution is -2.64. The molecule has 0 aliphatic carbocycles. The van der Waals surface area contributed by atoms with Crippen molar-refractivity contribution in [3.05, 3.63) is 55.0 Å². The molecule has 11 nitrogen and oxygen atoms in total. The highest BCUT2D eigenvalue weighted by Crippen LogP contribution is 2.38. The van der Waals surface area contributed by atoms with E-state index in [-0.39, 0.29) is 35.4 Å². The van der Waals surface area contributed by atoms with E-state index in [2.05, 4.69) is 20.1 Å². The monoisotopic (exact) mass is 527 g/mol. The summed E-state index contributed by atoms with van der Waals surface area (Å²) in [6.07, 6.45) is 4.70. The smallest absolute Gasteiger partial charge is 0.252 e. The van der Waals surface area contributed by atoms with Crippen LogP contribution in [-0.4, -0.2) is 64.5 Å². The van der Waals surface area contributed by atoms with Crippen LogP contribution in [0.25, 0.3) is 39.1 Å². The Labute approximate surface area is 222 Å². The maximum absolute atomic E-state index is 16.3. The summed E-state index contributed by atoms with van der Waals surface area (Å²) in [5.41, 5.74) is 9.28. The normalized spacial score (nSPS) is 15.5. The Balaban J connectivity index is 1.50. The summed E-state index contributed by atoms with van der Waals surface area (Å²) in [7, 11) is 1.86. The molecule has 2 amide bonds. The van der Waals surface area contributed by atoms with Crippen LogP contribution in [0.3, 0.4) is 0 Å². The van der Waals surface area contributed by atoms with E-state index in [0.717, 1.165) is 11.2 Å². The number of anilines is 2. The summed E-state index contributed by atoms with van der Waals surface area (Å²) in [4.78, 5) is 41.5. The molecule has 198 valence electrons. The highest BCUT2D eigenvalue weighted by Gasteiger charge is 2.44.